The number of benzene rings is 1. The molecule has 0 heterocycles. The first-order valence-corrected chi connectivity index (χ1v) is 9.16. The molecule has 1 aromatic rings. The molecule has 0 radical (unpaired) electrons. The van der Waals surface area contributed by atoms with Crippen LogP contribution >= 0.6 is 0 Å². The Balaban J connectivity index is 3.00. The maximum Gasteiger partial charge on any atom is 0.339 e. The zero-order valence-corrected chi connectivity index (χ0v) is 13.5. The number of rotatable bonds is 3. The number of hydrogen-bond donors (Lipinski definition) is 1. The van der Waals surface area contributed by atoms with Crippen molar-refractivity contribution in [3.05, 3.63) is 23.8 Å². The molecule has 1 rings (SSSR count). The van der Waals surface area contributed by atoms with Crippen molar-refractivity contribution in [1.29, 1.82) is 0 Å². The van der Waals surface area contributed by atoms with Gasteiger partial charge in [-0.2, -0.15) is 0 Å². The van der Waals surface area contributed by atoms with Gasteiger partial charge in [-0.1, -0.05) is 20.8 Å². The normalized spacial score (nSPS) is 12.1. The molecular formula is C14H23NO3Si. The lowest BCUT2D eigenvalue weighted by Gasteiger charge is -2.36. The van der Waals surface area contributed by atoms with Gasteiger partial charge >= 0.3 is 5.97 Å². The summed E-state index contributed by atoms with van der Waals surface area (Å²) in [4.78, 5) is 11.5. The van der Waals surface area contributed by atoms with Crippen molar-refractivity contribution >= 4 is 20.0 Å². The van der Waals surface area contributed by atoms with E-state index in [1.54, 1.807) is 18.2 Å². The zero-order valence-electron chi connectivity index (χ0n) is 12.5. The van der Waals surface area contributed by atoms with Crippen LogP contribution in [-0.4, -0.2) is 21.4 Å². The van der Waals surface area contributed by atoms with Crippen molar-refractivity contribution in [2.24, 2.45) is 0 Å². The number of carbonyl (C=O) groups excluding carboxylic acids is 1. The lowest BCUT2D eigenvalue weighted by Crippen LogP contribution is -2.43. The Morgan fingerprint density at radius 1 is 1.26 bits per heavy atom. The predicted molar refractivity (Wildman–Crippen MR) is 80.0 cm³/mol. The molecule has 0 saturated carbocycles. The van der Waals surface area contributed by atoms with E-state index in [0.717, 1.165) is 0 Å². The number of nitrogen functional groups attached to an aromatic ring is 1. The standard InChI is InChI=1S/C14H23NO3Si/c1-14(2,3)19(5,6)18-10-7-8-11(12(15)9-10)13(16)17-4/h7-9H,15H2,1-6H3. The third kappa shape index (κ3) is 3.50. The Morgan fingerprint density at radius 2 is 1.84 bits per heavy atom. The molecule has 0 atom stereocenters. The van der Waals surface area contributed by atoms with Crippen LogP contribution in [0.25, 0.3) is 0 Å². The van der Waals surface area contributed by atoms with Gasteiger partial charge in [0.25, 0.3) is 0 Å². The first-order valence-electron chi connectivity index (χ1n) is 6.25. The number of methoxy groups -OCH3 is 1. The third-order valence-corrected chi connectivity index (χ3v) is 7.97. The summed E-state index contributed by atoms with van der Waals surface area (Å²) in [5, 5.41) is 0.114. The Bertz CT molecular complexity index is 478. The summed E-state index contributed by atoms with van der Waals surface area (Å²) in [7, 11) is -0.558. The van der Waals surface area contributed by atoms with Gasteiger partial charge in [0.1, 0.15) is 5.75 Å². The zero-order chi connectivity index (χ0) is 14.8. The van der Waals surface area contributed by atoms with Crippen molar-refractivity contribution < 1.29 is 14.0 Å². The summed E-state index contributed by atoms with van der Waals surface area (Å²) in [6, 6.07) is 5.10. The van der Waals surface area contributed by atoms with Gasteiger partial charge in [-0.05, 0) is 30.3 Å². The van der Waals surface area contributed by atoms with Crippen molar-refractivity contribution in [3.8, 4) is 5.75 Å². The van der Waals surface area contributed by atoms with Gasteiger partial charge in [-0.15, -0.1) is 0 Å². The first-order chi connectivity index (χ1) is 8.58. The second-order valence-electron chi connectivity index (χ2n) is 6.10. The number of anilines is 1. The predicted octanol–water partition coefficient (Wildman–Crippen LogP) is 3.44. The maximum atomic E-state index is 11.5. The third-order valence-electron chi connectivity index (χ3n) is 3.61. The highest BCUT2D eigenvalue weighted by Gasteiger charge is 2.39. The molecule has 19 heavy (non-hydrogen) atoms. The van der Waals surface area contributed by atoms with Crippen LogP contribution < -0.4 is 10.2 Å². The van der Waals surface area contributed by atoms with Crippen LogP contribution in [0.3, 0.4) is 0 Å². The lowest BCUT2D eigenvalue weighted by molar-refractivity contribution is 0.0602. The molecule has 0 aromatic heterocycles. The minimum atomic E-state index is -1.89. The Morgan fingerprint density at radius 3 is 2.26 bits per heavy atom. The Kier molecular flexibility index (Phi) is 4.30. The van der Waals surface area contributed by atoms with Crippen molar-refractivity contribution in [3.63, 3.8) is 0 Å². The monoisotopic (exact) mass is 281 g/mol. The van der Waals surface area contributed by atoms with Gasteiger partial charge in [0.15, 0.2) is 0 Å². The van der Waals surface area contributed by atoms with Crippen LogP contribution in [0.2, 0.25) is 18.1 Å². The minimum absolute atomic E-state index is 0.114. The fraction of sp³-hybridized carbons (Fsp3) is 0.500. The second-order valence-corrected chi connectivity index (χ2v) is 10.8. The van der Waals surface area contributed by atoms with Crippen molar-refractivity contribution in [2.75, 3.05) is 12.8 Å². The molecule has 2 N–H and O–H groups in total. The van der Waals surface area contributed by atoms with Crippen LogP contribution in [0.15, 0.2) is 18.2 Å². The van der Waals surface area contributed by atoms with Gasteiger partial charge in [0.05, 0.1) is 12.7 Å². The van der Waals surface area contributed by atoms with Gasteiger partial charge in [0, 0.05) is 11.8 Å². The number of nitrogens with two attached hydrogens (primary N) is 1. The van der Waals surface area contributed by atoms with Crippen LogP contribution in [0.5, 0.6) is 5.75 Å². The average molecular weight is 281 g/mol. The van der Waals surface area contributed by atoms with Gasteiger partial charge in [-0.25, -0.2) is 4.79 Å². The van der Waals surface area contributed by atoms with E-state index in [-0.39, 0.29) is 5.04 Å². The molecule has 0 fully saturated rings. The number of ether oxygens (including phenoxy) is 1. The average Bonchev–Trinajstić information content (AvgIpc) is 2.26. The highest BCUT2D eigenvalue weighted by atomic mass is 28.4. The molecule has 106 valence electrons. The summed E-state index contributed by atoms with van der Waals surface area (Å²) in [5.41, 5.74) is 6.60. The van der Waals surface area contributed by atoms with E-state index in [9.17, 15) is 4.79 Å². The maximum absolute atomic E-state index is 11.5. The molecule has 5 heteroatoms. The summed E-state index contributed by atoms with van der Waals surface area (Å²) in [6.07, 6.45) is 0. The smallest absolute Gasteiger partial charge is 0.339 e. The van der Waals surface area contributed by atoms with Crippen LogP contribution in [-0.2, 0) is 4.74 Å². The quantitative estimate of drug-likeness (QED) is 0.524. The Hall–Kier alpha value is -1.49. The fourth-order valence-electron chi connectivity index (χ4n) is 1.35. The summed E-state index contributed by atoms with van der Waals surface area (Å²) < 4.78 is 10.8. The largest absolute Gasteiger partial charge is 0.543 e. The number of hydrogen-bond acceptors (Lipinski definition) is 4. The van der Waals surface area contributed by atoms with Gasteiger partial charge in [0.2, 0.25) is 8.32 Å². The van der Waals surface area contributed by atoms with Gasteiger partial charge < -0.3 is 14.9 Å². The van der Waals surface area contributed by atoms with E-state index in [1.165, 1.54) is 7.11 Å². The van der Waals surface area contributed by atoms with E-state index in [1.807, 2.05) is 0 Å². The van der Waals surface area contributed by atoms with Gasteiger partial charge in [-0.3, -0.25) is 0 Å². The molecule has 0 amide bonds. The number of carbonyl (C=O) groups is 1. The summed E-state index contributed by atoms with van der Waals surface area (Å²) in [5.74, 6) is 0.271. The first kappa shape index (κ1) is 15.6. The topological polar surface area (TPSA) is 61.5 Å². The highest BCUT2D eigenvalue weighted by molar-refractivity contribution is 6.74. The van der Waals surface area contributed by atoms with Crippen molar-refractivity contribution in [2.45, 2.75) is 38.9 Å². The second kappa shape index (κ2) is 5.25. The molecule has 4 nitrogen and oxygen atoms in total. The van der Waals surface area contributed by atoms with E-state index < -0.39 is 14.3 Å². The summed E-state index contributed by atoms with van der Waals surface area (Å²) >= 11 is 0. The van der Waals surface area contributed by atoms with Crippen LogP contribution in [0.4, 0.5) is 5.69 Å². The molecule has 1 aromatic carbocycles. The molecule has 0 bridgehead atoms. The SMILES string of the molecule is COC(=O)c1ccc(O[Si](C)(C)C(C)(C)C)cc1N. The molecule has 0 aliphatic heterocycles. The molecular weight excluding hydrogens is 258 g/mol. The number of esters is 1. The van der Waals surface area contributed by atoms with Crippen LogP contribution in [0.1, 0.15) is 31.1 Å². The molecule has 0 spiro atoms. The van der Waals surface area contributed by atoms with E-state index in [2.05, 4.69) is 38.6 Å². The molecule has 0 saturated heterocycles. The van der Waals surface area contributed by atoms with E-state index in [0.29, 0.717) is 17.0 Å². The van der Waals surface area contributed by atoms with Crippen molar-refractivity contribution in [1.82, 2.24) is 0 Å². The Labute approximate surface area is 116 Å². The summed E-state index contributed by atoms with van der Waals surface area (Å²) in [6.45, 7) is 10.8. The highest BCUT2D eigenvalue weighted by Crippen LogP contribution is 2.37. The van der Waals surface area contributed by atoms with Crippen LogP contribution in [0, 0.1) is 0 Å². The minimum Gasteiger partial charge on any atom is -0.543 e. The fourth-order valence-corrected chi connectivity index (χ4v) is 2.37. The van der Waals surface area contributed by atoms with E-state index >= 15 is 0 Å². The lowest BCUT2D eigenvalue weighted by atomic mass is 10.2. The molecule has 0 unspecified atom stereocenters. The molecule has 0 aliphatic rings. The van der Waals surface area contributed by atoms with E-state index in [4.69, 9.17) is 10.2 Å². The molecule has 0 aliphatic carbocycles.